The fourth-order valence-corrected chi connectivity index (χ4v) is 3.39. The molecule has 1 spiro atoms. The molecular formula is C16H31N3O2. The van der Waals surface area contributed by atoms with Crippen LogP contribution < -0.4 is 10.6 Å². The average molecular weight is 297 g/mol. The van der Waals surface area contributed by atoms with Gasteiger partial charge >= 0.3 is 0 Å². The summed E-state index contributed by atoms with van der Waals surface area (Å²) in [5.41, 5.74) is -0.220. The Kier molecular flexibility index (Phi) is 5.28. The second kappa shape index (κ2) is 6.63. The predicted molar refractivity (Wildman–Crippen MR) is 84.3 cm³/mol. The summed E-state index contributed by atoms with van der Waals surface area (Å²) in [5, 5.41) is 6.52. The van der Waals surface area contributed by atoms with Crippen molar-refractivity contribution < 1.29 is 9.53 Å². The minimum absolute atomic E-state index is 0.0418. The highest BCUT2D eigenvalue weighted by atomic mass is 16.5. The Balaban J connectivity index is 2.02. The Labute approximate surface area is 128 Å². The number of amides is 1. The zero-order valence-electron chi connectivity index (χ0n) is 14.0. The quantitative estimate of drug-likeness (QED) is 0.820. The van der Waals surface area contributed by atoms with Crippen molar-refractivity contribution in [2.75, 3.05) is 32.8 Å². The van der Waals surface area contributed by atoms with Gasteiger partial charge in [0, 0.05) is 18.6 Å². The smallest absolute Gasteiger partial charge is 0.237 e. The van der Waals surface area contributed by atoms with Crippen LogP contribution in [0, 0.1) is 0 Å². The highest BCUT2D eigenvalue weighted by Crippen LogP contribution is 2.29. The lowest BCUT2D eigenvalue weighted by Gasteiger charge is -2.47. The van der Waals surface area contributed by atoms with Crippen LogP contribution in [0.25, 0.3) is 0 Å². The standard InChI is InChI=1S/C16H31N3O2/c1-5-13(14(20)18-15(2,3)4)19-10-11-21-16(12-19)6-8-17-9-7-16/h13,17H,5-12H2,1-4H3,(H,18,20). The van der Waals surface area contributed by atoms with E-state index in [1.807, 2.05) is 20.8 Å². The van der Waals surface area contributed by atoms with Crippen molar-refractivity contribution in [2.24, 2.45) is 0 Å². The van der Waals surface area contributed by atoms with Crippen molar-refractivity contribution in [1.82, 2.24) is 15.5 Å². The molecule has 0 radical (unpaired) electrons. The molecule has 2 N–H and O–H groups in total. The number of hydrogen-bond acceptors (Lipinski definition) is 4. The van der Waals surface area contributed by atoms with Gasteiger partial charge in [-0.3, -0.25) is 9.69 Å². The van der Waals surface area contributed by atoms with E-state index in [2.05, 4.69) is 22.5 Å². The molecule has 0 aliphatic carbocycles. The monoisotopic (exact) mass is 297 g/mol. The molecule has 1 atom stereocenters. The summed E-state index contributed by atoms with van der Waals surface area (Å²) in [6, 6.07) is -0.0418. The first-order valence-corrected chi connectivity index (χ1v) is 8.26. The molecular weight excluding hydrogens is 266 g/mol. The first-order valence-electron chi connectivity index (χ1n) is 8.26. The predicted octanol–water partition coefficient (Wildman–Crippen LogP) is 1.13. The summed E-state index contributed by atoms with van der Waals surface area (Å²) in [4.78, 5) is 14.9. The Bertz CT molecular complexity index is 354. The number of piperidine rings is 1. The number of nitrogens with one attached hydrogen (secondary N) is 2. The summed E-state index contributed by atoms with van der Waals surface area (Å²) in [6.07, 6.45) is 2.93. The summed E-state index contributed by atoms with van der Waals surface area (Å²) in [7, 11) is 0. The Morgan fingerprint density at radius 2 is 2.05 bits per heavy atom. The summed E-state index contributed by atoms with van der Waals surface area (Å²) in [6.45, 7) is 12.7. The van der Waals surface area contributed by atoms with Gasteiger partial charge in [-0.05, 0) is 53.1 Å². The lowest BCUT2D eigenvalue weighted by molar-refractivity contribution is -0.147. The molecule has 2 aliphatic rings. The highest BCUT2D eigenvalue weighted by Gasteiger charge is 2.41. The van der Waals surface area contributed by atoms with Crippen molar-refractivity contribution in [3.63, 3.8) is 0 Å². The minimum Gasteiger partial charge on any atom is -0.372 e. The molecule has 2 saturated heterocycles. The molecule has 2 rings (SSSR count). The topological polar surface area (TPSA) is 53.6 Å². The summed E-state index contributed by atoms with van der Waals surface area (Å²) >= 11 is 0. The number of ether oxygens (including phenoxy) is 1. The first kappa shape index (κ1) is 16.7. The third kappa shape index (κ3) is 4.41. The second-order valence-electron chi connectivity index (χ2n) is 7.42. The number of morpholine rings is 1. The van der Waals surface area contributed by atoms with Gasteiger partial charge in [0.25, 0.3) is 0 Å². The third-order valence-corrected chi connectivity index (χ3v) is 4.42. The fourth-order valence-electron chi connectivity index (χ4n) is 3.39. The molecule has 5 nitrogen and oxygen atoms in total. The van der Waals surface area contributed by atoms with Crippen molar-refractivity contribution in [1.29, 1.82) is 0 Å². The zero-order valence-corrected chi connectivity index (χ0v) is 14.0. The molecule has 2 heterocycles. The molecule has 21 heavy (non-hydrogen) atoms. The van der Waals surface area contributed by atoms with Crippen molar-refractivity contribution in [3.8, 4) is 0 Å². The maximum Gasteiger partial charge on any atom is 0.237 e. The van der Waals surface area contributed by atoms with E-state index in [0.29, 0.717) is 0 Å². The summed E-state index contributed by atoms with van der Waals surface area (Å²) < 4.78 is 6.10. The largest absolute Gasteiger partial charge is 0.372 e. The second-order valence-corrected chi connectivity index (χ2v) is 7.42. The lowest BCUT2D eigenvalue weighted by Crippen LogP contribution is -2.61. The number of carbonyl (C=O) groups excluding carboxylic acids is 1. The number of nitrogens with zero attached hydrogens (tertiary/aromatic N) is 1. The molecule has 2 aliphatic heterocycles. The Morgan fingerprint density at radius 3 is 2.62 bits per heavy atom. The van der Waals surface area contributed by atoms with Crippen LogP contribution in [0.3, 0.4) is 0 Å². The third-order valence-electron chi connectivity index (χ3n) is 4.42. The van der Waals surface area contributed by atoms with Gasteiger partial charge in [-0.15, -0.1) is 0 Å². The highest BCUT2D eigenvalue weighted by molar-refractivity contribution is 5.82. The number of hydrogen-bond donors (Lipinski definition) is 2. The number of carbonyl (C=O) groups is 1. The first-order chi connectivity index (χ1) is 9.85. The van der Waals surface area contributed by atoms with Gasteiger partial charge in [0.05, 0.1) is 18.2 Å². The fraction of sp³-hybridized carbons (Fsp3) is 0.938. The molecule has 0 aromatic rings. The van der Waals surface area contributed by atoms with Gasteiger partial charge in [-0.1, -0.05) is 6.92 Å². The molecule has 5 heteroatoms. The van der Waals surface area contributed by atoms with Gasteiger partial charge in [-0.25, -0.2) is 0 Å². The zero-order chi connectivity index (χ0) is 15.5. The minimum atomic E-state index is -0.177. The summed E-state index contributed by atoms with van der Waals surface area (Å²) in [5.74, 6) is 0.149. The molecule has 122 valence electrons. The molecule has 0 saturated carbocycles. The van der Waals surface area contributed by atoms with Gasteiger partial charge in [0.1, 0.15) is 0 Å². The van der Waals surface area contributed by atoms with E-state index < -0.39 is 0 Å². The van der Waals surface area contributed by atoms with E-state index in [-0.39, 0.29) is 23.1 Å². The van der Waals surface area contributed by atoms with Crippen LogP contribution in [0.1, 0.15) is 47.0 Å². The van der Waals surface area contributed by atoms with E-state index in [9.17, 15) is 4.79 Å². The van der Waals surface area contributed by atoms with E-state index in [0.717, 1.165) is 52.0 Å². The average Bonchev–Trinajstić information content (AvgIpc) is 2.38. The van der Waals surface area contributed by atoms with Gasteiger partial charge in [0.15, 0.2) is 0 Å². The van der Waals surface area contributed by atoms with Crippen LogP contribution >= 0.6 is 0 Å². The maximum absolute atomic E-state index is 12.6. The van der Waals surface area contributed by atoms with Crippen LogP contribution in [0.5, 0.6) is 0 Å². The van der Waals surface area contributed by atoms with E-state index >= 15 is 0 Å². The Morgan fingerprint density at radius 1 is 1.38 bits per heavy atom. The van der Waals surface area contributed by atoms with Crippen molar-refractivity contribution >= 4 is 5.91 Å². The number of rotatable bonds is 3. The van der Waals surface area contributed by atoms with Crippen LogP contribution in [0.15, 0.2) is 0 Å². The SMILES string of the molecule is CCC(C(=O)NC(C)(C)C)N1CCOC2(CCNCC2)C1. The molecule has 0 aromatic carbocycles. The Hall–Kier alpha value is -0.650. The van der Waals surface area contributed by atoms with Gasteiger partial charge < -0.3 is 15.4 Å². The molecule has 0 bridgehead atoms. The van der Waals surface area contributed by atoms with Crippen molar-refractivity contribution in [2.45, 2.75) is 64.1 Å². The van der Waals surface area contributed by atoms with Crippen LogP contribution in [0.4, 0.5) is 0 Å². The molecule has 2 fully saturated rings. The van der Waals surface area contributed by atoms with E-state index in [1.54, 1.807) is 0 Å². The molecule has 0 aromatic heterocycles. The lowest BCUT2D eigenvalue weighted by atomic mass is 9.89. The van der Waals surface area contributed by atoms with Gasteiger partial charge in [0.2, 0.25) is 5.91 Å². The van der Waals surface area contributed by atoms with E-state index in [4.69, 9.17) is 4.74 Å². The van der Waals surface area contributed by atoms with E-state index in [1.165, 1.54) is 0 Å². The van der Waals surface area contributed by atoms with Gasteiger partial charge in [-0.2, -0.15) is 0 Å². The normalized spacial score (nSPS) is 24.8. The maximum atomic E-state index is 12.6. The van der Waals surface area contributed by atoms with Crippen LogP contribution in [0.2, 0.25) is 0 Å². The molecule has 1 unspecified atom stereocenters. The van der Waals surface area contributed by atoms with Crippen LogP contribution in [-0.2, 0) is 9.53 Å². The van der Waals surface area contributed by atoms with Crippen LogP contribution in [-0.4, -0.2) is 60.8 Å². The molecule has 1 amide bonds. The van der Waals surface area contributed by atoms with Crippen molar-refractivity contribution in [3.05, 3.63) is 0 Å².